The lowest BCUT2D eigenvalue weighted by molar-refractivity contribution is 0.322. The second kappa shape index (κ2) is 4.53. The average Bonchev–Trinajstić information content (AvgIpc) is 2.71. The van der Waals surface area contributed by atoms with E-state index < -0.39 is 0 Å². The summed E-state index contributed by atoms with van der Waals surface area (Å²) in [5.41, 5.74) is 6.30. The lowest BCUT2D eigenvalue weighted by Gasteiger charge is -2.22. The van der Waals surface area contributed by atoms with Gasteiger partial charge in [0.05, 0.1) is 12.5 Å². The van der Waals surface area contributed by atoms with Crippen molar-refractivity contribution in [1.29, 1.82) is 0 Å². The van der Waals surface area contributed by atoms with Crippen molar-refractivity contribution in [2.45, 2.75) is 26.8 Å². The minimum atomic E-state index is -0.0408. The minimum Gasteiger partial charge on any atom is -0.330 e. The zero-order chi connectivity index (χ0) is 13.3. The van der Waals surface area contributed by atoms with E-state index in [-0.39, 0.29) is 11.0 Å². The van der Waals surface area contributed by atoms with Crippen LogP contribution in [0.15, 0.2) is 17.3 Å². The Bertz CT molecular complexity index is 610. The molecule has 2 heterocycles. The fraction of sp³-hybridized carbons (Fsp3) is 0.583. The van der Waals surface area contributed by atoms with Gasteiger partial charge in [-0.3, -0.25) is 14.0 Å². The smallest absolute Gasteiger partial charge is 0.264 e. The van der Waals surface area contributed by atoms with E-state index in [0.717, 1.165) is 6.42 Å². The summed E-state index contributed by atoms with van der Waals surface area (Å²) in [5, 5.41) is 4.60. The zero-order valence-corrected chi connectivity index (χ0v) is 11.1. The summed E-state index contributed by atoms with van der Waals surface area (Å²) in [7, 11) is 1.77. The molecule has 2 N–H and O–H groups in total. The van der Waals surface area contributed by atoms with Gasteiger partial charge in [0.1, 0.15) is 5.39 Å². The summed E-state index contributed by atoms with van der Waals surface area (Å²) in [6.45, 7) is 5.41. The molecule has 0 spiro atoms. The van der Waals surface area contributed by atoms with Crippen LogP contribution in [0.3, 0.4) is 0 Å². The van der Waals surface area contributed by atoms with Gasteiger partial charge in [-0.1, -0.05) is 13.8 Å². The quantitative estimate of drug-likeness (QED) is 0.856. The highest BCUT2D eigenvalue weighted by Crippen LogP contribution is 2.18. The van der Waals surface area contributed by atoms with Crippen molar-refractivity contribution < 1.29 is 0 Å². The van der Waals surface area contributed by atoms with Gasteiger partial charge >= 0.3 is 0 Å². The Morgan fingerprint density at radius 2 is 2.17 bits per heavy atom. The standard InChI is InChI=1S/C12H19N5O/c1-12(2,7-13)4-5-17-8-14-10-9(11(17)18)6-15-16(10)3/h6,8H,4-5,7,13H2,1-3H3. The third kappa shape index (κ3) is 2.28. The van der Waals surface area contributed by atoms with Gasteiger partial charge in [-0.05, 0) is 18.4 Å². The molecule has 2 aromatic heterocycles. The highest BCUT2D eigenvalue weighted by molar-refractivity contribution is 5.72. The molecule has 98 valence electrons. The molecule has 18 heavy (non-hydrogen) atoms. The molecule has 2 rings (SSSR count). The van der Waals surface area contributed by atoms with Gasteiger partial charge in [-0.2, -0.15) is 5.10 Å². The molecule has 0 saturated carbocycles. The maximum absolute atomic E-state index is 12.2. The van der Waals surface area contributed by atoms with Crippen molar-refractivity contribution in [3.05, 3.63) is 22.9 Å². The van der Waals surface area contributed by atoms with E-state index in [0.29, 0.717) is 24.1 Å². The van der Waals surface area contributed by atoms with Crippen LogP contribution in [0.2, 0.25) is 0 Å². The number of nitrogens with zero attached hydrogens (tertiary/aromatic N) is 4. The molecule has 6 nitrogen and oxygen atoms in total. The molecule has 0 unspecified atom stereocenters. The summed E-state index contributed by atoms with van der Waals surface area (Å²) < 4.78 is 3.23. The van der Waals surface area contributed by atoms with Crippen LogP contribution in [-0.4, -0.2) is 25.9 Å². The highest BCUT2D eigenvalue weighted by Gasteiger charge is 2.16. The molecule has 0 aliphatic heterocycles. The topological polar surface area (TPSA) is 78.7 Å². The molecule has 0 aromatic carbocycles. The molecular weight excluding hydrogens is 230 g/mol. The molecule has 0 fully saturated rings. The number of aryl methyl sites for hydroxylation is 2. The fourth-order valence-corrected chi connectivity index (χ4v) is 1.75. The number of nitrogens with two attached hydrogens (primary N) is 1. The average molecular weight is 249 g/mol. The second-order valence-electron chi connectivity index (χ2n) is 5.37. The Labute approximate surface area is 105 Å². The number of fused-ring (bicyclic) bond motifs is 1. The molecule has 2 aromatic rings. The lowest BCUT2D eigenvalue weighted by Crippen LogP contribution is -2.28. The Morgan fingerprint density at radius 3 is 2.83 bits per heavy atom. The number of hydrogen-bond donors (Lipinski definition) is 1. The normalized spacial score (nSPS) is 12.2. The maximum Gasteiger partial charge on any atom is 0.264 e. The minimum absolute atomic E-state index is 0.0311. The van der Waals surface area contributed by atoms with Crippen molar-refractivity contribution in [3.8, 4) is 0 Å². The largest absolute Gasteiger partial charge is 0.330 e. The van der Waals surface area contributed by atoms with Gasteiger partial charge in [-0.25, -0.2) is 4.98 Å². The van der Waals surface area contributed by atoms with Gasteiger partial charge in [0.15, 0.2) is 5.65 Å². The first kappa shape index (κ1) is 12.8. The van der Waals surface area contributed by atoms with Crippen molar-refractivity contribution in [2.75, 3.05) is 6.54 Å². The monoisotopic (exact) mass is 249 g/mol. The van der Waals surface area contributed by atoms with Crippen LogP contribution in [0.25, 0.3) is 11.0 Å². The summed E-state index contributed by atoms with van der Waals surface area (Å²) in [5.74, 6) is 0. The van der Waals surface area contributed by atoms with Crippen LogP contribution in [0, 0.1) is 5.41 Å². The van der Waals surface area contributed by atoms with Crippen LogP contribution >= 0.6 is 0 Å². The van der Waals surface area contributed by atoms with E-state index in [1.807, 2.05) is 0 Å². The Kier molecular flexibility index (Phi) is 3.21. The SMILES string of the molecule is Cn1ncc2c(=O)n(CCC(C)(C)CN)cnc21. The number of rotatable bonds is 4. The maximum atomic E-state index is 12.2. The predicted molar refractivity (Wildman–Crippen MR) is 70.2 cm³/mol. The third-order valence-electron chi connectivity index (χ3n) is 3.30. The van der Waals surface area contributed by atoms with Crippen LogP contribution in [-0.2, 0) is 13.6 Å². The first-order valence-corrected chi connectivity index (χ1v) is 6.02. The molecule has 0 amide bonds. The first-order valence-electron chi connectivity index (χ1n) is 6.02. The molecule has 0 aliphatic carbocycles. The van der Waals surface area contributed by atoms with Crippen molar-refractivity contribution in [1.82, 2.24) is 19.3 Å². The van der Waals surface area contributed by atoms with Gasteiger partial charge in [0, 0.05) is 13.6 Å². The Morgan fingerprint density at radius 1 is 1.44 bits per heavy atom. The van der Waals surface area contributed by atoms with Gasteiger partial charge in [0.25, 0.3) is 5.56 Å². The zero-order valence-electron chi connectivity index (χ0n) is 11.1. The third-order valence-corrected chi connectivity index (χ3v) is 3.30. The Balaban J connectivity index is 2.30. The number of aromatic nitrogens is 4. The fourth-order valence-electron chi connectivity index (χ4n) is 1.75. The van der Waals surface area contributed by atoms with Crippen LogP contribution in [0.4, 0.5) is 0 Å². The summed E-state index contributed by atoms with van der Waals surface area (Å²) >= 11 is 0. The molecule has 0 atom stereocenters. The molecule has 0 radical (unpaired) electrons. The second-order valence-corrected chi connectivity index (χ2v) is 5.37. The van der Waals surface area contributed by atoms with Crippen molar-refractivity contribution in [2.24, 2.45) is 18.2 Å². The predicted octanol–water partition coefficient (Wildman–Crippen LogP) is 0.505. The summed E-state index contributed by atoms with van der Waals surface area (Å²) in [4.78, 5) is 16.4. The van der Waals surface area contributed by atoms with E-state index in [9.17, 15) is 4.79 Å². The van der Waals surface area contributed by atoms with E-state index in [4.69, 9.17) is 5.73 Å². The lowest BCUT2D eigenvalue weighted by atomic mass is 9.90. The summed E-state index contributed by atoms with van der Waals surface area (Å²) in [6, 6.07) is 0. The molecule has 0 bridgehead atoms. The van der Waals surface area contributed by atoms with E-state index in [1.165, 1.54) is 0 Å². The first-order chi connectivity index (χ1) is 8.44. The van der Waals surface area contributed by atoms with Crippen LogP contribution in [0.5, 0.6) is 0 Å². The molecule has 0 aliphatic rings. The van der Waals surface area contributed by atoms with Crippen molar-refractivity contribution in [3.63, 3.8) is 0 Å². The van der Waals surface area contributed by atoms with Crippen LogP contribution < -0.4 is 11.3 Å². The van der Waals surface area contributed by atoms with E-state index in [1.54, 1.807) is 28.8 Å². The summed E-state index contributed by atoms with van der Waals surface area (Å²) in [6.07, 6.45) is 3.99. The van der Waals surface area contributed by atoms with E-state index >= 15 is 0 Å². The number of hydrogen-bond acceptors (Lipinski definition) is 4. The highest BCUT2D eigenvalue weighted by atomic mass is 16.1. The van der Waals surface area contributed by atoms with Crippen LogP contribution in [0.1, 0.15) is 20.3 Å². The molecule has 6 heteroatoms. The van der Waals surface area contributed by atoms with E-state index in [2.05, 4.69) is 23.9 Å². The Hall–Kier alpha value is -1.69. The van der Waals surface area contributed by atoms with Gasteiger partial charge < -0.3 is 5.73 Å². The van der Waals surface area contributed by atoms with Gasteiger partial charge in [-0.15, -0.1) is 0 Å². The van der Waals surface area contributed by atoms with Crippen molar-refractivity contribution >= 4 is 11.0 Å². The molecule has 0 saturated heterocycles. The van der Waals surface area contributed by atoms with Gasteiger partial charge in [0.2, 0.25) is 0 Å². The molecular formula is C12H19N5O.